The summed E-state index contributed by atoms with van der Waals surface area (Å²) in [5.74, 6) is -0.151. The van der Waals surface area contributed by atoms with Crippen molar-refractivity contribution in [1.29, 1.82) is 0 Å². The van der Waals surface area contributed by atoms with Gasteiger partial charge in [-0.25, -0.2) is 13.6 Å². The minimum Gasteiger partial charge on any atom is -0.397 e. The van der Waals surface area contributed by atoms with Gasteiger partial charge in [-0.2, -0.15) is 0 Å². The molecule has 0 radical (unpaired) electrons. The van der Waals surface area contributed by atoms with Gasteiger partial charge < -0.3 is 16.4 Å². The smallest absolute Gasteiger partial charge is 0.242 e. The molecule has 1 rings (SSSR count). The molecule has 0 fully saturated rings. The number of nitrogens with one attached hydrogen (secondary N) is 2. The van der Waals surface area contributed by atoms with Crippen LogP contribution in [0.5, 0.6) is 0 Å². The first-order chi connectivity index (χ1) is 9.25. The summed E-state index contributed by atoms with van der Waals surface area (Å²) in [5.41, 5.74) is 6.45. The largest absolute Gasteiger partial charge is 0.397 e. The van der Waals surface area contributed by atoms with Gasteiger partial charge in [-0.05, 0) is 31.5 Å². The van der Waals surface area contributed by atoms with E-state index >= 15 is 0 Å². The van der Waals surface area contributed by atoms with Gasteiger partial charge in [-0.1, -0.05) is 6.92 Å². The number of carbonyl (C=O) groups excluding carboxylic acids is 1. The number of hydrogen-bond acceptors (Lipinski definition) is 5. The molecule has 0 heterocycles. The molecule has 0 saturated heterocycles. The van der Waals surface area contributed by atoms with Gasteiger partial charge in [-0.3, -0.25) is 4.79 Å². The van der Waals surface area contributed by atoms with E-state index in [1.807, 2.05) is 6.92 Å². The average molecular weight is 300 g/mol. The van der Waals surface area contributed by atoms with E-state index in [9.17, 15) is 13.2 Å². The van der Waals surface area contributed by atoms with E-state index in [0.29, 0.717) is 12.2 Å². The molecule has 1 aromatic carbocycles. The second kappa shape index (κ2) is 6.58. The molecule has 8 heteroatoms. The Balaban J connectivity index is 2.81. The third-order valence-electron chi connectivity index (χ3n) is 2.67. The monoisotopic (exact) mass is 300 g/mol. The molecule has 1 atom stereocenters. The molecule has 0 bridgehead atoms. The summed E-state index contributed by atoms with van der Waals surface area (Å²) < 4.78 is 22.4. The summed E-state index contributed by atoms with van der Waals surface area (Å²) in [6.07, 6.45) is 0.851. The predicted molar refractivity (Wildman–Crippen MR) is 78.6 cm³/mol. The molecule has 0 aliphatic heterocycles. The van der Waals surface area contributed by atoms with Crippen LogP contribution < -0.4 is 21.5 Å². The number of benzene rings is 1. The van der Waals surface area contributed by atoms with Crippen LogP contribution in [0.1, 0.15) is 20.3 Å². The van der Waals surface area contributed by atoms with Crippen molar-refractivity contribution in [3.63, 3.8) is 0 Å². The number of nitrogen functional groups attached to an aromatic ring is 1. The predicted octanol–water partition coefficient (Wildman–Crippen LogP) is 0.243. The Labute approximate surface area is 118 Å². The van der Waals surface area contributed by atoms with Crippen LogP contribution in [0.15, 0.2) is 23.1 Å². The molecular weight excluding hydrogens is 280 g/mol. The van der Waals surface area contributed by atoms with Crippen LogP contribution >= 0.6 is 0 Å². The Morgan fingerprint density at radius 1 is 1.40 bits per heavy atom. The van der Waals surface area contributed by atoms with Gasteiger partial charge in [0.2, 0.25) is 15.9 Å². The highest BCUT2D eigenvalue weighted by Gasteiger charge is 2.15. The van der Waals surface area contributed by atoms with Crippen LogP contribution in [-0.2, 0) is 14.8 Å². The van der Waals surface area contributed by atoms with Gasteiger partial charge in [-0.15, -0.1) is 0 Å². The zero-order chi connectivity index (χ0) is 15.3. The average Bonchev–Trinajstić information content (AvgIpc) is 2.36. The van der Waals surface area contributed by atoms with E-state index < -0.39 is 16.1 Å². The Bertz CT molecular complexity index is 586. The summed E-state index contributed by atoms with van der Waals surface area (Å²) in [6, 6.07) is 3.60. The van der Waals surface area contributed by atoms with Crippen molar-refractivity contribution in [3.8, 4) is 0 Å². The number of sulfonamides is 1. The van der Waals surface area contributed by atoms with Crippen molar-refractivity contribution >= 4 is 27.3 Å². The summed E-state index contributed by atoms with van der Waals surface area (Å²) in [4.78, 5) is 11.6. The lowest BCUT2D eigenvalue weighted by molar-refractivity contribution is -0.121. The molecule has 112 valence electrons. The summed E-state index contributed by atoms with van der Waals surface area (Å²) in [5, 5.41) is 10.7. The second-order valence-corrected chi connectivity index (χ2v) is 6.01. The van der Waals surface area contributed by atoms with Crippen molar-refractivity contribution in [2.75, 3.05) is 17.6 Å². The van der Waals surface area contributed by atoms with E-state index in [0.717, 1.165) is 6.42 Å². The van der Waals surface area contributed by atoms with E-state index in [1.165, 1.54) is 18.2 Å². The van der Waals surface area contributed by atoms with Crippen LogP contribution in [0.3, 0.4) is 0 Å². The maximum absolute atomic E-state index is 11.7. The number of rotatable bonds is 6. The SMILES string of the molecule is CCCNC(=O)C(C)Nc1ccc(S(N)(=O)=O)cc1N. The van der Waals surface area contributed by atoms with Crippen LogP contribution in [0.25, 0.3) is 0 Å². The van der Waals surface area contributed by atoms with Crippen LogP contribution in [0.2, 0.25) is 0 Å². The minimum absolute atomic E-state index is 0.0661. The van der Waals surface area contributed by atoms with Gasteiger partial charge in [0.25, 0.3) is 0 Å². The lowest BCUT2D eigenvalue weighted by Gasteiger charge is -2.16. The fraction of sp³-hybridized carbons (Fsp3) is 0.417. The molecular formula is C12H20N4O3S. The third-order valence-corrected chi connectivity index (χ3v) is 3.58. The van der Waals surface area contributed by atoms with Gasteiger partial charge in [0.1, 0.15) is 6.04 Å². The highest BCUT2D eigenvalue weighted by Crippen LogP contribution is 2.22. The van der Waals surface area contributed by atoms with Crippen molar-refractivity contribution in [2.24, 2.45) is 5.14 Å². The zero-order valence-electron chi connectivity index (χ0n) is 11.5. The molecule has 0 saturated carbocycles. The molecule has 0 spiro atoms. The van der Waals surface area contributed by atoms with E-state index in [1.54, 1.807) is 6.92 Å². The molecule has 1 unspecified atom stereocenters. The number of carbonyl (C=O) groups is 1. The molecule has 20 heavy (non-hydrogen) atoms. The van der Waals surface area contributed by atoms with Crippen molar-refractivity contribution < 1.29 is 13.2 Å². The minimum atomic E-state index is -3.79. The first-order valence-corrected chi connectivity index (χ1v) is 7.77. The maximum atomic E-state index is 11.7. The summed E-state index contributed by atoms with van der Waals surface area (Å²) in [7, 11) is -3.79. The molecule has 1 aromatic rings. The van der Waals surface area contributed by atoms with Crippen LogP contribution in [0.4, 0.5) is 11.4 Å². The molecule has 6 N–H and O–H groups in total. The number of nitrogens with two attached hydrogens (primary N) is 2. The molecule has 7 nitrogen and oxygen atoms in total. The Kier molecular flexibility index (Phi) is 5.34. The lowest BCUT2D eigenvalue weighted by Crippen LogP contribution is -2.38. The molecule has 0 aliphatic carbocycles. The first-order valence-electron chi connectivity index (χ1n) is 6.22. The Morgan fingerprint density at radius 3 is 2.55 bits per heavy atom. The van der Waals surface area contributed by atoms with E-state index in [4.69, 9.17) is 10.9 Å². The fourth-order valence-corrected chi connectivity index (χ4v) is 2.10. The van der Waals surface area contributed by atoms with Gasteiger partial charge in [0.15, 0.2) is 0 Å². The van der Waals surface area contributed by atoms with Crippen LogP contribution in [-0.4, -0.2) is 26.9 Å². The normalized spacial score (nSPS) is 12.8. The molecule has 1 amide bonds. The highest BCUT2D eigenvalue weighted by molar-refractivity contribution is 7.89. The lowest BCUT2D eigenvalue weighted by atomic mass is 10.2. The first kappa shape index (κ1) is 16.3. The van der Waals surface area contributed by atoms with Crippen molar-refractivity contribution in [1.82, 2.24) is 5.32 Å². The number of primary sulfonamides is 1. The number of hydrogen-bond donors (Lipinski definition) is 4. The van der Waals surface area contributed by atoms with Crippen molar-refractivity contribution in [2.45, 2.75) is 31.2 Å². The van der Waals surface area contributed by atoms with Crippen molar-refractivity contribution in [3.05, 3.63) is 18.2 Å². The quantitative estimate of drug-likeness (QED) is 0.560. The molecule has 0 aliphatic rings. The Hall–Kier alpha value is -1.80. The van der Waals surface area contributed by atoms with Gasteiger partial charge in [0, 0.05) is 6.54 Å². The van der Waals surface area contributed by atoms with Gasteiger partial charge >= 0.3 is 0 Å². The topological polar surface area (TPSA) is 127 Å². The second-order valence-electron chi connectivity index (χ2n) is 4.45. The summed E-state index contributed by atoms with van der Waals surface area (Å²) in [6.45, 7) is 4.26. The highest BCUT2D eigenvalue weighted by atomic mass is 32.2. The Morgan fingerprint density at radius 2 is 2.05 bits per heavy atom. The van der Waals surface area contributed by atoms with E-state index in [-0.39, 0.29) is 16.5 Å². The standard InChI is InChI=1S/C12H20N4O3S/c1-3-6-15-12(17)8(2)16-11-5-4-9(7-10(11)13)20(14,18)19/h4-5,7-8,16H,3,6,13H2,1-2H3,(H,15,17)(H2,14,18,19). The third kappa shape index (κ3) is 4.39. The van der Waals surface area contributed by atoms with E-state index in [2.05, 4.69) is 10.6 Å². The summed E-state index contributed by atoms with van der Waals surface area (Å²) >= 11 is 0. The fourth-order valence-electron chi connectivity index (χ4n) is 1.55. The molecule has 0 aromatic heterocycles. The van der Waals surface area contributed by atoms with Crippen LogP contribution in [0, 0.1) is 0 Å². The van der Waals surface area contributed by atoms with Gasteiger partial charge in [0.05, 0.1) is 16.3 Å². The maximum Gasteiger partial charge on any atom is 0.242 e. The zero-order valence-corrected chi connectivity index (χ0v) is 12.3. The number of amides is 1. The number of anilines is 2.